The van der Waals surface area contributed by atoms with E-state index in [-0.39, 0.29) is 50.2 Å². The van der Waals surface area contributed by atoms with Crippen LogP contribution in [0.2, 0.25) is 0 Å². The van der Waals surface area contributed by atoms with E-state index in [1.54, 1.807) is 35.8 Å². The fourth-order valence-electron chi connectivity index (χ4n) is 5.24. The van der Waals surface area contributed by atoms with Crippen LogP contribution in [0.5, 0.6) is 0 Å². The molecule has 0 amide bonds. The van der Waals surface area contributed by atoms with Gasteiger partial charge in [0.05, 0.1) is 36.0 Å². The van der Waals surface area contributed by atoms with Gasteiger partial charge in [-0.1, -0.05) is 60.7 Å². The van der Waals surface area contributed by atoms with E-state index in [9.17, 15) is 0 Å². The third kappa shape index (κ3) is 7.84. The normalized spacial score (nSPS) is 25.5. The minimum absolute atomic E-state index is 0. The molecular weight excluding hydrogens is 477 g/mol. The summed E-state index contributed by atoms with van der Waals surface area (Å²) >= 11 is 0. The van der Waals surface area contributed by atoms with Gasteiger partial charge in [-0.05, 0) is 36.8 Å². The summed E-state index contributed by atoms with van der Waals surface area (Å²) in [6, 6.07) is 22.6. The summed E-state index contributed by atoms with van der Waals surface area (Å²) < 4.78 is 0. The molecule has 0 bridgehead atoms. The second-order valence-corrected chi connectivity index (χ2v) is 14.6. The predicted molar refractivity (Wildman–Crippen MR) is 135 cm³/mol. The van der Waals surface area contributed by atoms with Crippen molar-refractivity contribution in [2.45, 2.75) is 49.8 Å². The first-order chi connectivity index (χ1) is 12.9. The summed E-state index contributed by atoms with van der Waals surface area (Å²) in [5.74, 6) is 0. The quantitative estimate of drug-likeness (QED) is 0.208. The van der Waals surface area contributed by atoms with Gasteiger partial charge in [0.1, 0.15) is 0 Å². The fraction of sp³-hybridized carbons (Fsp3) is 0.462. The summed E-state index contributed by atoms with van der Waals surface area (Å²) in [4.78, 5) is 0. The Morgan fingerprint density at radius 3 is 1.38 bits per heavy atom. The third-order valence-electron chi connectivity index (χ3n) is 6.67. The van der Waals surface area contributed by atoms with E-state index in [2.05, 4.69) is 60.7 Å². The third-order valence-corrected chi connectivity index (χ3v) is 14.2. The van der Waals surface area contributed by atoms with Gasteiger partial charge in [-0.25, -0.2) is 0 Å². The second-order valence-electron chi connectivity index (χ2n) is 8.37. The van der Waals surface area contributed by atoms with Crippen molar-refractivity contribution >= 4 is 15.8 Å². The Labute approximate surface area is 195 Å². The summed E-state index contributed by atoms with van der Waals surface area (Å²) in [6.45, 7) is 0. The van der Waals surface area contributed by atoms with E-state index in [0.29, 0.717) is 0 Å². The van der Waals surface area contributed by atoms with Crippen LogP contribution >= 0.6 is 15.8 Å². The van der Waals surface area contributed by atoms with Gasteiger partial charge in [-0.15, -0.1) is 0 Å². The van der Waals surface area contributed by atoms with Crippen molar-refractivity contribution in [1.82, 2.24) is 0 Å². The maximum Gasteiger partial charge on any atom is 2.00 e. The Bertz CT molecular complexity index is 601. The van der Waals surface area contributed by atoms with E-state index >= 15 is 0 Å². The molecule has 2 unspecified atom stereocenters. The molecule has 4 rings (SSSR count). The Morgan fingerprint density at radius 1 is 0.621 bits per heavy atom. The van der Waals surface area contributed by atoms with Gasteiger partial charge in [0.2, 0.25) is 0 Å². The number of hydrogen-bond acceptors (Lipinski definition) is 0. The van der Waals surface area contributed by atoms with Crippen molar-refractivity contribution in [3.05, 3.63) is 86.6 Å². The van der Waals surface area contributed by atoms with Crippen LogP contribution in [0.25, 0.3) is 0 Å². The number of benzene rings is 2. The summed E-state index contributed by atoms with van der Waals surface area (Å²) in [6.07, 6.45) is 15.2. The van der Waals surface area contributed by atoms with E-state index in [4.69, 9.17) is 0 Å². The number of hydrogen-bond donors (Lipinski definition) is 0. The van der Waals surface area contributed by atoms with Gasteiger partial charge in [-0.2, -0.15) is 0 Å². The zero-order valence-electron chi connectivity index (χ0n) is 18.3. The van der Waals surface area contributed by atoms with Gasteiger partial charge in [-0.3, -0.25) is 0 Å². The van der Waals surface area contributed by atoms with Crippen molar-refractivity contribution in [1.29, 1.82) is 0 Å². The first-order valence-electron chi connectivity index (χ1n) is 10.7. The first kappa shape index (κ1) is 27.0. The second kappa shape index (κ2) is 14.1. The van der Waals surface area contributed by atoms with Crippen LogP contribution in [-0.4, -0.2) is 36.0 Å². The van der Waals surface area contributed by atoms with Crippen LogP contribution in [0.1, 0.15) is 36.8 Å². The molecule has 0 N–H and O–H groups in total. The molecule has 0 saturated carbocycles. The largest absolute Gasteiger partial charge is 2.00 e. The molecule has 0 nitrogen and oxygen atoms in total. The molecule has 2 heterocycles. The van der Waals surface area contributed by atoms with Gasteiger partial charge in [0, 0.05) is 28.7 Å². The molecule has 3 heteroatoms. The molecule has 1 radical (unpaired) electrons. The van der Waals surface area contributed by atoms with Crippen LogP contribution in [0, 0.1) is 14.9 Å². The SMILES string of the molecule is [CH3-].[CH3-].[Rh+2].c1ccc(C[C@H]2CCC[PH+]2CC[PH+]2CCC[C@@H]2Cc2ccccc2)cc1. The predicted octanol–water partition coefficient (Wildman–Crippen LogP) is 7.12. The average molecular weight is 517 g/mol. The molecule has 2 saturated heterocycles. The smallest absolute Gasteiger partial charge is 0.358 e. The van der Waals surface area contributed by atoms with Crippen molar-refractivity contribution < 1.29 is 19.5 Å². The first-order valence-corrected chi connectivity index (χ1v) is 14.6. The van der Waals surface area contributed by atoms with Gasteiger partial charge < -0.3 is 14.9 Å². The van der Waals surface area contributed by atoms with Gasteiger partial charge in [0.25, 0.3) is 0 Å². The van der Waals surface area contributed by atoms with E-state index in [1.165, 1.54) is 38.5 Å². The Balaban J connectivity index is 0.00000140. The van der Waals surface area contributed by atoms with Crippen LogP contribution < -0.4 is 0 Å². The van der Waals surface area contributed by atoms with Crippen molar-refractivity contribution in [2.24, 2.45) is 0 Å². The van der Waals surface area contributed by atoms with Gasteiger partial charge in [0.15, 0.2) is 0 Å². The molecule has 2 fully saturated rings. The molecule has 161 valence electrons. The molecule has 2 aromatic carbocycles. The van der Waals surface area contributed by atoms with Crippen molar-refractivity contribution in [3.63, 3.8) is 0 Å². The maximum atomic E-state index is 2.34. The zero-order valence-corrected chi connectivity index (χ0v) is 22.0. The van der Waals surface area contributed by atoms with Crippen LogP contribution in [0.15, 0.2) is 60.7 Å². The minimum atomic E-state index is -0.105. The van der Waals surface area contributed by atoms with E-state index in [0.717, 1.165) is 11.3 Å². The molecule has 2 aliphatic heterocycles. The molecule has 2 aliphatic rings. The molecule has 29 heavy (non-hydrogen) atoms. The zero-order chi connectivity index (χ0) is 17.6. The summed E-state index contributed by atoms with van der Waals surface area (Å²) in [5.41, 5.74) is 5.27. The molecule has 0 spiro atoms. The number of rotatable bonds is 7. The fourth-order valence-corrected chi connectivity index (χ4v) is 13.5. The Morgan fingerprint density at radius 2 is 1.00 bits per heavy atom. The summed E-state index contributed by atoms with van der Waals surface area (Å²) in [7, 11) is -0.210. The van der Waals surface area contributed by atoms with Crippen molar-refractivity contribution in [2.75, 3.05) is 24.6 Å². The minimum Gasteiger partial charge on any atom is -0.358 e. The van der Waals surface area contributed by atoms with Crippen LogP contribution in [-0.2, 0) is 32.3 Å². The van der Waals surface area contributed by atoms with Crippen LogP contribution in [0.4, 0.5) is 0 Å². The molecule has 0 aromatic heterocycles. The topological polar surface area (TPSA) is 0 Å². The average Bonchev–Trinajstić information content (AvgIpc) is 3.31. The van der Waals surface area contributed by atoms with Gasteiger partial charge >= 0.3 is 19.5 Å². The van der Waals surface area contributed by atoms with Crippen LogP contribution in [0.3, 0.4) is 0 Å². The summed E-state index contributed by atoms with van der Waals surface area (Å²) in [5, 5.41) is 0. The van der Waals surface area contributed by atoms with E-state index < -0.39 is 0 Å². The molecule has 4 atom stereocenters. The molecular formula is C26H40P2Rh+2. The van der Waals surface area contributed by atoms with E-state index in [1.807, 2.05) is 0 Å². The monoisotopic (exact) mass is 517 g/mol. The molecule has 0 aliphatic carbocycles. The standard InChI is InChI=1S/C24H32P2.2CH3.Rh/c1-3-9-21(10-4-1)19-23-13-7-15-25(23)17-18-26-16-8-14-24(26)20-22-11-5-2-6-12-22;;;/h1-6,9-12,23-24H,7-8,13-20H2;2*1H3;/q;2*-1;+2/p+2/t23-,24-,25?,26?;;;/m1.../s1. The Kier molecular flexibility index (Phi) is 13.1. The van der Waals surface area contributed by atoms with Crippen molar-refractivity contribution in [3.8, 4) is 0 Å². The maximum absolute atomic E-state index is 2.34. The molecule has 2 aromatic rings. The Hall–Kier alpha value is -0.0766.